The molecule has 2 heterocycles. The van der Waals surface area contributed by atoms with Crippen molar-refractivity contribution in [3.63, 3.8) is 0 Å². The number of anilines is 2. The molecule has 0 fully saturated rings. The Hall–Kier alpha value is -7.20. The predicted molar refractivity (Wildman–Crippen MR) is 256 cm³/mol. The highest BCUT2D eigenvalue weighted by molar-refractivity contribution is 6.11. The third-order valence-corrected chi connectivity index (χ3v) is 11.7. The number of carbonyl (C=O) groups is 5. The van der Waals surface area contributed by atoms with Gasteiger partial charge in [0.25, 0.3) is 23.6 Å². The lowest BCUT2D eigenvalue weighted by atomic mass is 9.87. The van der Waals surface area contributed by atoms with Crippen LogP contribution in [0.5, 0.6) is 0 Å². The molecule has 1 atom stereocenters. The zero-order valence-corrected chi connectivity index (χ0v) is 37.8. The second kappa shape index (κ2) is 23.3. The van der Waals surface area contributed by atoms with Crippen LogP contribution in [0.25, 0.3) is 22.2 Å². The third-order valence-electron chi connectivity index (χ3n) is 11.7. The van der Waals surface area contributed by atoms with Gasteiger partial charge >= 0.3 is 5.97 Å². The number of hydrogen-bond acceptors (Lipinski definition) is 10. The van der Waals surface area contributed by atoms with Crippen molar-refractivity contribution < 1.29 is 43.3 Å². The molecule has 67 heavy (non-hydrogen) atoms. The van der Waals surface area contributed by atoms with Crippen molar-refractivity contribution in [2.45, 2.75) is 45.6 Å². The zero-order valence-electron chi connectivity index (χ0n) is 37.8. The molecule has 15 nitrogen and oxygen atoms in total. The van der Waals surface area contributed by atoms with Crippen LogP contribution in [0.1, 0.15) is 91.7 Å². The van der Waals surface area contributed by atoms with E-state index in [-0.39, 0.29) is 67.7 Å². The van der Waals surface area contributed by atoms with E-state index < -0.39 is 11.9 Å². The van der Waals surface area contributed by atoms with Crippen LogP contribution in [0.3, 0.4) is 0 Å². The summed E-state index contributed by atoms with van der Waals surface area (Å²) in [6, 6.07) is 30.7. The zero-order chi connectivity index (χ0) is 47.1. The van der Waals surface area contributed by atoms with Crippen molar-refractivity contribution in [2.24, 2.45) is 0 Å². The second-order valence-electron chi connectivity index (χ2n) is 15.9. The average Bonchev–Trinajstić information content (AvgIpc) is 3.79. The van der Waals surface area contributed by atoms with Gasteiger partial charge in [0.2, 0.25) is 0 Å². The number of aryl methyl sites for hydroxylation is 1. The summed E-state index contributed by atoms with van der Waals surface area (Å²) in [4.78, 5) is 72.5. The van der Waals surface area contributed by atoms with Gasteiger partial charge in [0, 0.05) is 70.9 Å². The number of rotatable bonds is 22. The summed E-state index contributed by atoms with van der Waals surface area (Å²) in [5, 5.41) is 18.4. The summed E-state index contributed by atoms with van der Waals surface area (Å²) < 4.78 is 17.6. The van der Waals surface area contributed by atoms with Gasteiger partial charge in [-0.15, -0.1) is 0 Å². The normalized spacial score (nSPS) is 13.1. The minimum absolute atomic E-state index is 0.0572. The number of carboxylic acid groups (broad SMARTS) is 1. The van der Waals surface area contributed by atoms with E-state index >= 15 is 0 Å². The molecule has 0 bridgehead atoms. The standard InChI is InChI=1S/C52H56N6O9/c1-3-57(4-2)39-18-19-45(43(34-39)46-33-37(20-23-53-46)50(62)55-44-16-8-11-35-10-5-6-14-40(35)44)56-49(61)36-12-7-13-38(32-36)52(64)58-25-21-41-42(15-9-17-47(41)58)51(63)54-24-27-66-29-31-67-30-28-65-26-22-48(59)60/h5-7,9-10,12-15,17-21,23,25,32-34,44H,3-4,8,11,16,22,24,26-31H2,1-2H3,(H,54,63)(H,55,62)(H,56,61)(H,59,60). The monoisotopic (exact) mass is 908 g/mol. The van der Waals surface area contributed by atoms with Crippen LogP contribution in [-0.2, 0) is 25.4 Å². The number of nitrogens with zero attached hydrogens (tertiary/aromatic N) is 3. The van der Waals surface area contributed by atoms with E-state index in [4.69, 9.17) is 19.3 Å². The number of pyridine rings is 1. The number of nitrogens with one attached hydrogen (secondary N) is 3. The largest absolute Gasteiger partial charge is 0.481 e. The van der Waals surface area contributed by atoms with Crippen molar-refractivity contribution in [1.29, 1.82) is 0 Å². The number of fused-ring (bicyclic) bond motifs is 2. The lowest BCUT2D eigenvalue weighted by molar-refractivity contribution is -0.138. The minimum Gasteiger partial charge on any atom is -0.481 e. The number of carbonyl (C=O) groups excluding carboxylic acids is 4. The van der Waals surface area contributed by atoms with E-state index in [1.54, 1.807) is 67.0 Å². The molecule has 4 N–H and O–H groups in total. The van der Waals surface area contributed by atoms with Crippen LogP contribution >= 0.6 is 0 Å². The molecule has 0 radical (unpaired) electrons. The molecule has 0 aliphatic heterocycles. The number of aliphatic carboxylic acids is 1. The van der Waals surface area contributed by atoms with E-state index in [0.717, 1.165) is 43.6 Å². The van der Waals surface area contributed by atoms with Gasteiger partial charge in [-0.25, -0.2) is 0 Å². The van der Waals surface area contributed by atoms with Gasteiger partial charge < -0.3 is 40.2 Å². The smallest absolute Gasteiger partial charge is 0.305 e. The van der Waals surface area contributed by atoms with Crippen LogP contribution in [0, 0.1) is 0 Å². The lowest BCUT2D eigenvalue weighted by Crippen LogP contribution is -2.31. The van der Waals surface area contributed by atoms with Crippen LogP contribution in [0.2, 0.25) is 0 Å². The number of aromatic nitrogens is 2. The molecule has 15 heteroatoms. The van der Waals surface area contributed by atoms with Crippen molar-refractivity contribution in [1.82, 2.24) is 20.2 Å². The topological polar surface area (TPSA) is 190 Å². The van der Waals surface area contributed by atoms with Gasteiger partial charge in [-0.1, -0.05) is 36.4 Å². The highest BCUT2D eigenvalue weighted by Gasteiger charge is 2.24. The summed E-state index contributed by atoms with van der Waals surface area (Å²) >= 11 is 0. The van der Waals surface area contributed by atoms with Crippen LogP contribution < -0.4 is 20.9 Å². The van der Waals surface area contributed by atoms with Crippen LogP contribution in [-0.4, -0.2) is 104 Å². The average molecular weight is 909 g/mol. The summed E-state index contributed by atoms with van der Waals surface area (Å²) in [6.45, 7) is 7.54. The van der Waals surface area contributed by atoms with Crippen molar-refractivity contribution in [3.8, 4) is 11.3 Å². The molecule has 0 saturated carbocycles. The van der Waals surface area contributed by atoms with Crippen molar-refractivity contribution >= 4 is 51.9 Å². The minimum atomic E-state index is -0.916. The lowest BCUT2D eigenvalue weighted by Gasteiger charge is -2.26. The van der Waals surface area contributed by atoms with Crippen LogP contribution in [0.4, 0.5) is 11.4 Å². The Labute approximate surface area is 389 Å². The number of amides is 3. The Bertz CT molecular complexity index is 2710. The molecule has 1 aliphatic carbocycles. The molecule has 348 valence electrons. The SMILES string of the molecule is CCN(CC)c1ccc(NC(=O)c2cccc(C(=O)n3ccc4c(C(=O)NCCOCCOCCOCCC(=O)O)cccc43)c2)c(-c2cc(C(=O)NC3CCCc4ccccc43)ccn2)c1. The Morgan fingerprint density at radius 1 is 0.746 bits per heavy atom. The fourth-order valence-corrected chi connectivity index (χ4v) is 8.21. The van der Waals surface area contributed by atoms with Crippen LogP contribution in [0.15, 0.2) is 116 Å². The molecule has 6 aromatic rings. The van der Waals surface area contributed by atoms with E-state index in [2.05, 4.69) is 51.8 Å². The fraction of sp³-hybridized carbons (Fsp3) is 0.308. The molecule has 0 spiro atoms. The quantitative estimate of drug-likeness (QED) is 0.0492. The van der Waals surface area contributed by atoms with Gasteiger partial charge in [-0.2, -0.15) is 0 Å². The number of carboxylic acids is 1. The van der Waals surface area contributed by atoms with Gasteiger partial charge in [0.15, 0.2) is 0 Å². The molecule has 7 rings (SSSR count). The number of hydrogen-bond donors (Lipinski definition) is 4. The Morgan fingerprint density at radius 2 is 1.48 bits per heavy atom. The Morgan fingerprint density at radius 3 is 2.27 bits per heavy atom. The van der Waals surface area contributed by atoms with E-state index in [0.29, 0.717) is 58.8 Å². The van der Waals surface area contributed by atoms with Crippen molar-refractivity contribution in [3.05, 3.63) is 149 Å². The fourth-order valence-electron chi connectivity index (χ4n) is 8.21. The van der Waals surface area contributed by atoms with Crippen molar-refractivity contribution in [2.75, 3.05) is 69.5 Å². The maximum absolute atomic E-state index is 14.1. The summed E-state index contributed by atoms with van der Waals surface area (Å²) in [7, 11) is 0. The molecule has 3 amide bonds. The number of benzene rings is 4. The van der Waals surface area contributed by atoms with Gasteiger partial charge in [-0.05, 0) is 111 Å². The van der Waals surface area contributed by atoms with Gasteiger partial charge in [-0.3, -0.25) is 33.5 Å². The molecule has 4 aromatic carbocycles. The molecular formula is C52H56N6O9. The van der Waals surface area contributed by atoms with Gasteiger partial charge in [0.05, 0.1) is 69.0 Å². The predicted octanol–water partition coefficient (Wildman–Crippen LogP) is 7.55. The second-order valence-corrected chi connectivity index (χ2v) is 15.9. The maximum Gasteiger partial charge on any atom is 0.305 e. The van der Waals surface area contributed by atoms with E-state index in [1.165, 1.54) is 16.2 Å². The molecule has 1 aliphatic rings. The summed E-state index contributed by atoms with van der Waals surface area (Å²) in [6.07, 6.45) is 5.99. The number of ether oxygens (including phenoxy) is 3. The highest BCUT2D eigenvalue weighted by atomic mass is 16.5. The molecular weight excluding hydrogens is 853 g/mol. The first-order chi connectivity index (χ1) is 32.6. The van der Waals surface area contributed by atoms with Gasteiger partial charge in [0.1, 0.15) is 0 Å². The van der Waals surface area contributed by atoms with E-state index in [1.807, 2.05) is 30.3 Å². The first-order valence-corrected chi connectivity index (χ1v) is 22.7. The first-order valence-electron chi connectivity index (χ1n) is 22.7. The maximum atomic E-state index is 14.1. The molecule has 1 unspecified atom stereocenters. The summed E-state index contributed by atoms with van der Waals surface area (Å²) in [5.74, 6) is -2.27. The Kier molecular flexibility index (Phi) is 16.6. The molecule has 2 aromatic heterocycles. The highest BCUT2D eigenvalue weighted by Crippen LogP contribution is 2.34. The summed E-state index contributed by atoms with van der Waals surface area (Å²) in [5.41, 5.74) is 6.86. The van der Waals surface area contributed by atoms with E-state index in [9.17, 15) is 24.0 Å². The first kappa shape index (κ1) is 47.8. The third kappa shape index (κ3) is 12.2. The Balaban J connectivity index is 1.01. The molecule has 0 saturated heterocycles.